The van der Waals surface area contributed by atoms with Crippen LogP contribution in [0.4, 0.5) is 30.4 Å². The van der Waals surface area contributed by atoms with Gasteiger partial charge in [-0.05, 0) is 44.5 Å². The zero-order valence-corrected chi connectivity index (χ0v) is 16.8. The number of aromatic nitrogens is 1. The summed E-state index contributed by atoms with van der Waals surface area (Å²) in [5.74, 6) is -0.656. The van der Waals surface area contributed by atoms with E-state index in [0.717, 1.165) is 17.2 Å². The van der Waals surface area contributed by atoms with Gasteiger partial charge in [0, 0.05) is 6.07 Å². The fraction of sp³-hybridized carbons (Fsp3) is 0.333. The molecule has 7 nitrogen and oxygen atoms in total. The summed E-state index contributed by atoms with van der Waals surface area (Å²) in [7, 11) is -3.56. The number of nitrogens with zero attached hydrogens (tertiary/aromatic N) is 2. The van der Waals surface area contributed by atoms with Gasteiger partial charge in [0.05, 0.1) is 17.6 Å². The molecule has 1 aliphatic heterocycles. The largest absolute Gasteiger partial charge is 0.476 e. The van der Waals surface area contributed by atoms with Gasteiger partial charge in [0.1, 0.15) is 17.3 Å². The van der Waals surface area contributed by atoms with Crippen LogP contribution >= 0.6 is 0 Å². The molecule has 1 aliphatic rings. The molecule has 156 valence electrons. The van der Waals surface area contributed by atoms with Crippen molar-refractivity contribution in [1.82, 2.24) is 4.98 Å². The Hall–Kier alpha value is -2.82. The van der Waals surface area contributed by atoms with E-state index < -0.39 is 33.4 Å². The second-order valence-corrected chi connectivity index (χ2v) is 8.89. The SMILES string of the molecule is Cc1ccc(C(F)(F)F)nc1N1C(=O)C(C)(C)Oc2cc(NS(C)(=O)=O)ccc21. The summed E-state index contributed by atoms with van der Waals surface area (Å²) in [6, 6.07) is 6.21. The number of ether oxygens (including phenoxy) is 1. The van der Waals surface area contributed by atoms with E-state index in [-0.39, 0.29) is 22.9 Å². The molecule has 0 fully saturated rings. The quantitative estimate of drug-likeness (QED) is 0.805. The molecule has 0 bridgehead atoms. The van der Waals surface area contributed by atoms with Crippen molar-refractivity contribution < 1.29 is 31.1 Å². The summed E-state index contributed by atoms with van der Waals surface area (Å²) < 4.78 is 70.4. The van der Waals surface area contributed by atoms with Crippen LogP contribution < -0.4 is 14.4 Å². The number of alkyl halides is 3. The summed E-state index contributed by atoms with van der Waals surface area (Å²) in [5.41, 5.74) is -1.85. The molecule has 1 aromatic heterocycles. The molecular formula is C18H18F3N3O4S. The lowest BCUT2D eigenvalue weighted by molar-refractivity contribution is -0.141. The van der Waals surface area contributed by atoms with E-state index in [1.54, 1.807) is 0 Å². The smallest absolute Gasteiger partial charge is 0.433 e. The number of pyridine rings is 1. The molecule has 0 atom stereocenters. The van der Waals surface area contributed by atoms with E-state index >= 15 is 0 Å². The van der Waals surface area contributed by atoms with Crippen LogP contribution in [0, 0.1) is 6.92 Å². The van der Waals surface area contributed by atoms with Crippen LogP contribution in [-0.2, 0) is 21.0 Å². The standard InChI is InChI=1S/C18H18F3N3O4S/c1-10-5-8-14(18(19,20)21)22-15(10)24-12-7-6-11(23-29(4,26)27)9-13(12)28-17(2,3)16(24)25/h5-9,23H,1-4H3. The third-order valence-corrected chi connectivity index (χ3v) is 4.77. The van der Waals surface area contributed by atoms with Crippen molar-refractivity contribution in [3.05, 3.63) is 41.6 Å². The minimum Gasteiger partial charge on any atom is -0.476 e. The van der Waals surface area contributed by atoms with Crippen molar-refractivity contribution in [1.29, 1.82) is 0 Å². The minimum atomic E-state index is -4.68. The van der Waals surface area contributed by atoms with E-state index in [1.165, 1.54) is 45.0 Å². The molecule has 1 N–H and O–H groups in total. The molecule has 0 unspecified atom stereocenters. The predicted molar refractivity (Wildman–Crippen MR) is 101 cm³/mol. The zero-order chi connectivity index (χ0) is 21.8. The Morgan fingerprint density at radius 1 is 1.17 bits per heavy atom. The topological polar surface area (TPSA) is 88.6 Å². The van der Waals surface area contributed by atoms with Crippen molar-refractivity contribution in [2.75, 3.05) is 15.9 Å². The van der Waals surface area contributed by atoms with Crippen LogP contribution in [0.1, 0.15) is 25.1 Å². The van der Waals surface area contributed by atoms with Crippen LogP contribution in [-0.4, -0.2) is 31.2 Å². The molecule has 0 aliphatic carbocycles. The molecule has 0 spiro atoms. The lowest BCUT2D eigenvalue weighted by Crippen LogP contribution is -2.51. The Bertz CT molecular complexity index is 1100. The summed E-state index contributed by atoms with van der Waals surface area (Å²) in [6.45, 7) is 4.47. The Kier molecular flexibility index (Phi) is 4.77. The molecule has 1 aromatic carbocycles. The number of carbonyl (C=O) groups excluding carboxylic acids is 1. The highest BCUT2D eigenvalue weighted by Gasteiger charge is 2.43. The Morgan fingerprint density at radius 3 is 2.41 bits per heavy atom. The van der Waals surface area contributed by atoms with Crippen LogP contribution in [0.2, 0.25) is 0 Å². The first-order chi connectivity index (χ1) is 13.2. The fourth-order valence-electron chi connectivity index (χ4n) is 2.87. The molecule has 1 amide bonds. The Morgan fingerprint density at radius 2 is 1.83 bits per heavy atom. The highest BCUT2D eigenvalue weighted by Crippen LogP contribution is 2.44. The number of nitrogens with one attached hydrogen (secondary N) is 1. The minimum absolute atomic E-state index is 0.127. The first-order valence-electron chi connectivity index (χ1n) is 8.39. The first-order valence-corrected chi connectivity index (χ1v) is 10.3. The van der Waals surface area contributed by atoms with Crippen LogP contribution in [0.5, 0.6) is 5.75 Å². The lowest BCUT2D eigenvalue weighted by atomic mass is 10.0. The van der Waals surface area contributed by atoms with Gasteiger partial charge in [-0.15, -0.1) is 0 Å². The molecular weight excluding hydrogens is 411 g/mol. The number of halogens is 3. The van der Waals surface area contributed by atoms with Crippen molar-refractivity contribution >= 4 is 33.1 Å². The van der Waals surface area contributed by atoms with Crippen molar-refractivity contribution in [3.8, 4) is 5.75 Å². The van der Waals surface area contributed by atoms with Crippen LogP contribution in [0.3, 0.4) is 0 Å². The van der Waals surface area contributed by atoms with Gasteiger partial charge < -0.3 is 4.74 Å². The fourth-order valence-corrected chi connectivity index (χ4v) is 3.42. The normalized spacial score (nSPS) is 16.2. The van der Waals surface area contributed by atoms with E-state index in [1.807, 2.05) is 0 Å². The third-order valence-electron chi connectivity index (χ3n) is 4.16. The van der Waals surface area contributed by atoms with E-state index in [9.17, 15) is 26.4 Å². The monoisotopic (exact) mass is 429 g/mol. The van der Waals surface area contributed by atoms with Crippen molar-refractivity contribution in [3.63, 3.8) is 0 Å². The number of fused-ring (bicyclic) bond motifs is 1. The van der Waals surface area contributed by atoms with Crippen molar-refractivity contribution in [2.45, 2.75) is 32.5 Å². The number of aryl methyl sites for hydroxylation is 1. The molecule has 11 heteroatoms. The maximum absolute atomic E-state index is 13.2. The molecule has 29 heavy (non-hydrogen) atoms. The van der Waals surface area contributed by atoms with Gasteiger partial charge in [0.25, 0.3) is 5.91 Å². The van der Waals surface area contributed by atoms with Gasteiger partial charge in [0.2, 0.25) is 10.0 Å². The van der Waals surface area contributed by atoms with Gasteiger partial charge in [-0.25, -0.2) is 13.4 Å². The molecule has 2 heterocycles. The number of rotatable bonds is 3. The van der Waals surface area contributed by atoms with Gasteiger partial charge in [-0.1, -0.05) is 6.07 Å². The Labute approximate surface area is 165 Å². The summed E-state index contributed by atoms with van der Waals surface area (Å²) >= 11 is 0. The average Bonchev–Trinajstić information content (AvgIpc) is 2.54. The maximum atomic E-state index is 13.2. The molecule has 3 rings (SSSR count). The van der Waals surface area contributed by atoms with Gasteiger partial charge in [0.15, 0.2) is 5.60 Å². The van der Waals surface area contributed by atoms with Gasteiger partial charge in [-0.3, -0.25) is 14.4 Å². The zero-order valence-electron chi connectivity index (χ0n) is 16.0. The Balaban J connectivity index is 2.19. The average molecular weight is 429 g/mol. The summed E-state index contributed by atoms with van der Waals surface area (Å²) in [6.07, 6.45) is -3.71. The van der Waals surface area contributed by atoms with Gasteiger partial charge in [-0.2, -0.15) is 13.2 Å². The number of sulfonamides is 1. The second kappa shape index (κ2) is 6.61. The van der Waals surface area contributed by atoms with Crippen LogP contribution in [0.15, 0.2) is 30.3 Å². The third kappa shape index (κ3) is 4.14. The summed E-state index contributed by atoms with van der Waals surface area (Å²) in [4.78, 5) is 17.7. The lowest BCUT2D eigenvalue weighted by Gasteiger charge is -2.38. The number of amides is 1. The highest BCUT2D eigenvalue weighted by atomic mass is 32.2. The first kappa shape index (κ1) is 20.9. The predicted octanol–water partition coefficient (Wildman–Crippen LogP) is 3.62. The number of benzene rings is 1. The molecule has 0 saturated carbocycles. The van der Waals surface area contributed by atoms with Crippen LogP contribution in [0.25, 0.3) is 0 Å². The van der Waals surface area contributed by atoms with Crippen molar-refractivity contribution in [2.24, 2.45) is 0 Å². The number of hydrogen-bond donors (Lipinski definition) is 1. The number of anilines is 3. The van der Waals surface area contributed by atoms with E-state index in [0.29, 0.717) is 5.56 Å². The number of hydrogen-bond acceptors (Lipinski definition) is 5. The van der Waals surface area contributed by atoms with Gasteiger partial charge >= 0.3 is 6.18 Å². The highest BCUT2D eigenvalue weighted by molar-refractivity contribution is 7.92. The molecule has 0 radical (unpaired) electrons. The second-order valence-electron chi connectivity index (χ2n) is 7.14. The molecule has 2 aromatic rings. The maximum Gasteiger partial charge on any atom is 0.433 e. The van der Waals surface area contributed by atoms with E-state index in [2.05, 4.69) is 9.71 Å². The van der Waals surface area contributed by atoms with E-state index in [4.69, 9.17) is 4.74 Å². The number of carbonyl (C=O) groups is 1. The summed E-state index contributed by atoms with van der Waals surface area (Å²) in [5, 5.41) is 0. The molecule has 0 saturated heterocycles.